The van der Waals surface area contributed by atoms with Crippen LogP contribution in [0.5, 0.6) is 11.5 Å². The van der Waals surface area contributed by atoms with E-state index in [0.717, 1.165) is 22.2 Å². The first-order valence-electron chi connectivity index (χ1n) is 9.43. The fourth-order valence-electron chi connectivity index (χ4n) is 3.12. The highest BCUT2D eigenvalue weighted by molar-refractivity contribution is 6.33. The highest BCUT2D eigenvalue weighted by atomic mass is 35.5. The molecule has 2 aromatic heterocycles. The first-order chi connectivity index (χ1) is 14.5. The summed E-state index contributed by atoms with van der Waals surface area (Å²) in [6, 6.07) is 12.6. The van der Waals surface area contributed by atoms with E-state index in [-0.39, 0.29) is 6.03 Å². The molecule has 0 radical (unpaired) electrons. The van der Waals surface area contributed by atoms with Crippen molar-refractivity contribution < 1.29 is 9.53 Å². The number of fused-ring (bicyclic) bond motifs is 1. The minimum Gasteiger partial charge on any atom is -0.457 e. The zero-order valence-corrected chi connectivity index (χ0v) is 17.3. The number of rotatable bonds is 5. The van der Waals surface area contributed by atoms with Crippen LogP contribution in [-0.4, -0.2) is 27.1 Å². The maximum atomic E-state index is 11.7. The third kappa shape index (κ3) is 4.06. The smallest absolute Gasteiger partial charge is 0.319 e. The quantitative estimate of drug-likeness (QED) is 0.462. The van der Waals surface area contributed by atoms with Gasteiger partial charge in [-0.2, -0.15) is 0 Å². The number of carbonyl (C=O) groups is 1. The molecule has 0 saturated carbocycles. The molecule has 152 valence electrons. The highest BCUT2D eigenvalue weighted by Crippen LogP contribution is 2.34. The molecule has 7 nitrogen and oxygen atoms in total. The number of amides is 2. The summed E-state index contributed by atoms with van der Waals surface area (Å²) in [6.07, 6.45) is 5.29. The lowest BCUT2D eigenvalue weighted by atomic mass is 10.1. The lowest BCUT2D eigenvalue weighted by Crippen LogP contribution is -2.28. The molecule has 0 aliphatic carbocycles. The maximum Gasteiger partial charge on any atom is 0.319 e. The molecule has 4 rings (SSSR count). The van der Waals surface area contributed by atoms with Crippen LogP contribution in [0.3, 0.4) is 0 Å². The Labute approximate surface area is 178 Å². The van der Waals surface area contributed by atoms with Gasteiger partial charge in [-0.05, 0) is 37.3 Å². The molecule has 2 amide bonds. The summed E-state index contributed by atoms with van der Waals surface area (Å²) in [5.74, 6) is 1.22. The summed E-state index contributed by atoms with van der Waals surface area (Å²) in [7, 11) is 1.95. The molecule has 0 fully saturated rings. The first-order valence-corrected chi connectivity index (χ1v) is 9.80. The Morgan fingerprint density at radius 3 is 2.80 bits per heavy atom. The van der Waals surface area contributed by atoms with Crippen LogP contribution in [0.15, 0.2) is 61.2 Å². The van der Waals surface area contributed by atoms with Crippen LogP contribution >= 0.6 is 11.6 Å². The van der Waals surface area contributed by atoms with Crippen molar-refractivity contribution >= 4 is 34.2 Å². The molecule has 0 bridgehead atoms. The van der Waals surface area contributed by atoms with Gasteiger partial charge in [-0.3, -0.25) is 4.98 Å². The van der Waals surface area contributed by atoms with E-state index in [1.807, 2.05) is 42.9 Å². The van der Waals surface area contributed by atoms with E-state index in [2.05, 4.69) is 20.6 Å². The minimum absolute atomic E-state index is 0.308. The van der Waals surface area contributed by atoms with Crippen molar-refractivity contribution in [3.05, 3.63) is 66.2 Å². The van der Waals surface area contributed by atoms with Crippen molar-refractivity contribution in [2.45, 2.75) is 6.92 Å². The van der Waals surface area contributed by atoms with Gasteiger partial charge in [0.1, 0.15) is 11.5 Å². The maximum absolute atomic E-state index is 11.7. The van der Waals surface area contributed by atoms with Crippen LogP contribution in [0, 0.1) is 0 Å². The number of anilines is 1. The second kappa shape index (κ2) is 8.42. The zero-order valence-electron chi connectivity index (χ0n) is 16.5. The molecule has 0 unspecified atom stereocenters. The summed E-state index contributed by atoms with van der Waals surface area (Å²) in [6.45, 7) is 2.37. The number of urea groups is 1. The van der Waals surface area contributed by atoms with E-state index >= 15 is 0 Å². The van der Waals surface area contributed by atoms with Crippen LogP contribution in [0.1, 0.15) is 6.92 Å². The number of carbonyl (C=O) groups excluding carboxylic acids is 1. The second-order valence-corrected chi connectivity index (χ2v) is 7.07. The number of hydrogen-bond donors (Lipinski definition) is 2. The monoisotopic (exact) mass is 421 g/mol. The number of pyridine rings is 1. The fraction of sp³-hybridized carbons (Fsp3) is 0.136. The van der Waals surface area contributed by atoms with Gasteiger partial charge in [0.05, 0.1) is 34.4 Å². The van der Waals surface area contributed by atoms with Gasteiger partial charge in [0, 0.05) is 36.8 Å². The average Bonchev–Trinajstić information content (AvgIpc) is 3.16. The number of imidazole rings is 1. The molecule has 2 N–H and O–H groups in total. The van der Waals surface area contributed by atoms with Crippen LogP contribution in [-0.2, 0) is 7.05 Å². The predicted molar refractivity (Wildman–Crippen MR) is 118 cm³/mol. The molecule has 0 aliphatic rings. The second-order valence-electron chi connectivity index (χ2n) is 6.66. The third-order valence-corrected chi connectivity index (χ3v) is 4.88. The Kier molecular flexibility index (Phi) is 5.54. The molecule has 2 heterocycles. The van der Waals surface area contributed by atoms with Gasteiger partial charge in [0.2, 0.25) is 0 Å². The highest BCUT2D eigenvalue weighted by Gasteiger charge is 2.10. The van der Waals surface area contributed by atoms with Gasteiger partial charge in [-0.15, -0.1) is 0 Å². The third-order valence-electron chi connectivity index (χ3n) is 4.57. The summed E-state index contributed by atoms with van der Waals surface area (Å²) < 4.78 is 8.02. The van der Waals surface area contributed by atoms with E-state index in [0.29, 0.717) is 28.8 Å². The molecule has 0 spiro atoms. The molecular formula is C22H20ClN5O2. The Morgan fingerprint density at radius 1 is 1.20 bits per heavy atom. The molecule has 30 heavy (non-hydrogen) atoms. The van der Waals surface area contributed by atoms with E-state index < -0.39 is 0 Å². The summed E-state index contributed by atoms with van der Waals surface area (Å²) >= 11 is 6.31. The lowest BCUT2D eigenvalue weighted by Gasteiger charge is -2.12. The number of hydrogen-bond acceptors (Lipinski definition) is 4. The van der Waals surface area contributed by atoms with Crippen molar-refractivity contribution in [2.75, 3.05) is 11.9 Å². The topological polar surface area (TPSA) is 81.1 Å². The normalized spacial score (nSPS) is 10.8. The molecule has 4 aromatic rings. The number of aromatic nitrogens is 3. The van der Waals surface area contributed by atoms with Crippen LogP contribution in [0.2, 0.25) is 5.02 Å². The van der Waals surface area contributed by atoms with Crippen molar-refractivity contribution in [2.24, 2.45) is 7.05 Å². The Bertz CT molecular complexity index is 1220. The molecule has 8 heteroatoms. The number of halogens is 1. The Balaban J connectivity index is 1.60. The van der Waals surface area contributed by atoms with E-state index in [1.165, 1.54) is 0 Å². The fourth-order valence-corrected chi connectivity index (χ4v) is 3.34. The van der Waals surface area contributed by atoms with Gasteiger partial charge in [-0.25, -0.2) is 9.78 Å². The summed E-state index contributed by atoms with van der Waals surface area (Å²) in [4.78, 5) is 20.3. The number of ether oxygens (including phenoxy) is 1. The summed E-state index contributed by atoms with van der Waals surface area (Å²) in [5, 5.41) is 6.63. The van der Waals surface area contributed by atoms with Crippen molar-refractivity contribution in [1.82, 2.24) is 19.9 Å². The predicted octanol–water partition coefficient (Wildman–Crippen LogP) is 5.22. The van der Waals surface area contributed by atoms with Crippen LogP contribution < -0.4 is 15.4 Å². The number of aryl methyl sites for hydroxylation is 1. The Hall–Kier alpha value is -3.58. The number of nitrogens with one attached hydrogen (secondary N) is 2. The SMILES string of the molecule is CCNC(=O)Nc1ccc(Oc2ccnc3cc(-c4cncn4C)ccc23)cc1Cl. The largest absolute Gasteiger partial charge is 0.457 e. The van der Waals surface area contributed by atoms with Crippen molar-refractivity contribution in [3.8, 4) is 22.8 Å². The van der Waals surface area contributed by atoms with Gasteiger partial charge in [-0.1, -0.05) is 17.7 Å². The lowest BCUT2D eigenvalue weighted by molar-refractivity contribution is 0.252. The van der Waals surface area contributed by atoms with E-state index in [4.69, 9.17) is 16.3 Å². The number of nitrogens with zero attached hydrogens (tertiary/aromatic N) is 3. The standard InChI is InChI=1S/C22H20ClN5O2/c1-3-25-22(29)27-18-7-5-15(11-17(18)23)30-21-8-9-26-19-10-14(4-6-16(19)21)20-12-24-13-28(20)2/h4-13H,3H2,1-2H3,(H2,25,27,29). The molecule has 0 saturated heterocycles. The first kappa shape index (κ1) is 19.7. The van der Waals surface area contributed by atoms with Crippen molar-refractivity contribution in [3.63, 3.8) is 0 Å². The minimum atomic E-state index is -0.308. The molecular weight excluding hydrogens is 402 g/mol. The van der Waals surface area contributed by atoms with Gasteiger partial charge >= 0.3 is 6.03 Å². The summed E-state index contributed by atoms with van der Waals surface area (Å²) in [5.41, 5.74) is 3.35. The Morgan fingerprint density at radius 2 is 2.07 bits per heavy atom. The molecule has 2 aromatic carbocycles. The molecule has 0 atom stereocenters. The van der Waals surface area contributed by atoms with E-state index in [9.17, 15) is 4.79 Å². The zero-order chi connectivity index (χ0) is 21.1. The van der Waals surface area contributed by atoms with Gasteiger partial charge in [0.15, 0.2) is 0 Å². The van der Waals surface area contributed by atoms with E-state index in [1.54, 1.807) is 36.8 Å². The van der Waals surface area contributed by atoms with Crippen LogP contribution in [0.25, 0.3) is 22.2 Å². The number of benzene rings is 2. The van der Waals surface area contributed by atoms with Crippen LogP contribution in [0.4, 0.5) is 10.5 Å². The van der Waals surface area contributed by atoms with Gasteiger partial charge in [0.25, 0.3) is 0 Å². The van der Waals surface area contributed by atoms with Gasteiger partial charge < -0.3 is 19.9 Å². The molecule has 0 aliphatic heterocycles. The van der Waals surface area contributed by atoms with Crippen molar-refractivity contribution in [1.29, 1.82) is 0 Å². The average molecular weight is 422 g/mol.